The quantitative estimate of drug-likeness (QED) is 0.104. The normalized spacial score (nSPS) is 13.8. The molecule has 12 aromatic carbocycles. The van der Waals surface area contributed by atoms with E-state index in [1.54, 1.807) is 6.20 Å². The van der Waals surface area contributed by atoms with Crippen molar-refractivity contribution in [2.45, 2.75) is 45.4 Å². The summed E-state index contributed by atoms with van der Waals surface area (Å²) < 4.78 is 12.8. The van der Waals surface area contributed by atoms with Crippen LogP contribution in [0.25, 0.3) is 180 Å². The lowest BCUT2D eigenvalue weighted by atomic mass is 9.62. The number of nitrogens with zero attached hydrogens (tertiary/aromatic N) is 8. The van der Waals surface area contributed by atoms with Crippen LogP contribution in [-0.4, -0.2) is 39.9 Å². The second-order valence-corrected chi connectivity index (χ2v) is 29.4. The molecule has 1 atom stereocenters. The molecule has 10 heteroatoms. The second-order valence-electron chi connectivity index (χ2n) is 29.4. The van der Waals surface area contributed by atoms with Crippen molar-refractivity contribution in [3.8, 4) is 124 Å². The summed E-state index contributed by atoms with van der Waals surface area (Å²) in [5.41, 5.74) is 26.9. The molecule has 2 aliphatic carbocycles. The minimum absolute atomic E-state index is 0.275. The van der Waals surface area contributed by atoms with Crippen LogP contribution in [0.15, 0.2) is 332 Å². The third-order valence-corrected chi connectivity index (χ3v) is 22.8. The van der Waals surface area contributed by atoms with Crippen LogP contribution >= 0.6 is 0 Å². The van der Waals surface area contributed by atoms with Gasteiger partial charge in [-0.3, -0.25) is 0 Å². The Labute approximate surface area is 644 Å². The van der Waals surface area contributed by atoms with Crippen LogP contribution in [0.2, 0.25) is 0 Å². The van der Waals surface area contributed by atoms with Gasteiger partial charge in [0.15, 0.2) is 34.9 Å². The maximum atomic E-state index is 6.43. The largest absolute Gasteiger partial charge is 0.456 e. The minimum Gasteiger partial charge on any atom is -0.456 e. The van der Waals surface area contributed by atoms with Gasteiger partial charge in [0, 0.05) is 66.5 Å². The Kier molecular flexibility index (Phi) is 16.7. The molecule has 0 spiro atoms. The molecule has 20 rings (SSSR count). The van der Waals surface area contributed by atoms with E-state index in [0.717, 1.165) is 139 Å². The van der Waals surface area contributed by atoms with Gasteiger partial charge in [0.1, 0.15) is 22.4 Å². The molecule has 2 aliphatic rings. The van der Waals surface area contributed by atoms with E-state index < -0.39 is 5.41 Å². The average molecular weight is 1430 g/mol. The molecular weight excluding hydrogens is 1360 g/mol. The van der Waals surface area contributed by atoms with Crippen LogP contribution in [0, 0.1) is 11.8 Å². The zero-order valence-corrected chi connectivity index (χ0v) is 62.1. The van der Waals surface area contributed by atoms with Crippen molar-refractivity contribution in [1.82, 2.24) is 39.9 Å². The van der Waals surface area contributed by atoms with E-state index in [1.807, 2.05) is 60.7 Å². The first-order valence-electron chi connectivity index (χ1n) is 37.8. The van der Waals surface area contributed by atoms with Crippen LogP contribution in [0.4, 0.5) is 0 Å². The summed E-state index contributed by atoms with van der Waals surface area (Å²) >= 11 is 0. The zero-order valence-electron chi connectivity index (χ0n) is 62.1. The highest BCUT2D eigenvalue weighted by molar-refractivity contribution is 6.13. The third-order valence-electron chi connectivity index (χ3n) is 22.8. The van der Waals surface area contributed by atoms with Crippen molar-refractivity contribution in [1.29, 1.82) is 0 Å². The molecule has 0 saturated carbocycles. The van der Waals surface area contributed by atoms with Gasteiger partial charge in [0.25, 0.3) is 0 Å². The van der Waals surface area contributed by atoms with E-state index in [0.29, 0.717) is 46.4 Å². The van der Waals surface area contributed by atoms with Gasteiger partial charge in [0.05, 0.1) is 11.1 Å². The molecule has 6 heterocycles. The molecule has 10 nitrogen and oxygen atoms in total. The summed E-state index contributed by atoms with van der Waals surface area (Å²) in [7, 11) is 0. The predicted molar refractivity (Wildman–Crippen MR) is 452 cm³/mol. The summed E-state index contributed by atoms with van der Waals surface area (Å²) in [5, 5.41) is 4.40. The number of aromatic nitrogens is 8. The van der Waals surface area contributed by atoms with Gasteiger partial charge in [-0.15, -0.1) is 0 Å². The van der Waals surface area contributed by atoms with Crippen LogP contribution in [0.1, 0.15) is 73.7 Å². The van der Waals surface area contributed by atoms with Crippen LogP contribution < -0.4 is 0 Å². The lowest BCUT2D eigenvalue weighted by molar-refractivity contribution is 0.282. The van der Waals surface area contributed by atoms with E-state index >= 15 is 0 Å². The Balaban J connectivity index is 0.000000150. The number of fused-ring (bicyclic) bond motifs is 14. The number of furan rings is 2. The second kappa shape index (κ2) is 27.4. The van der Waals surface area contributed by atoms with Gasteiger partial charge in [-0.05, 0) is 145 Å². The maximum Gasteiger partial charge on any atom is 0.227 e. The number of hydrogen-bond acceptors (Lipinski definition) is 10. The fourth-order valence-electron chi connectivity index (χ4n) is 17.7. The fourth-order valence-corrected chi connectivity index (χ4v) is 17.7. The molecule has 530 valence electrons. The summed E-state index contributed by atoms with van der Waals surface area (Å²) in [6.45, 7) is 19.8. The van der Waals surface area contributed by atoms with Crippen molar-refractivity contribution in [2.24, 2.45) is 11.8 Å². The van der Waals surface area contributed by atoms with E-state index in [9.17, 15) is 0 Å². The highest BCUT2D eigenvalue weighted by atomic mass is 16.3. The highest BCUT2D eigenvalue weighted by Gasteiger charge is 2.51. The molecule has 18 aromatic rings. The van der Waals surface area contributed by atoms with Gasteiger partial charge in [0.2, 0.25) is 5.71 Å². The number of rotatable bonds is 14. The first kappa shape index (κ1) is 67.6. The third kappa shape index (κ3) is 11.2. The predicted octanol–water partition coefficient (Wildman–Crippen LogP) is 25.5. The minimum atomic E-state index is -0.590. The smallest absolute Gasteiger partial charge is 0.227 e. The van der Waals surface area contributed by atoms with Crippen molar-refractivity contribution in [2.75, 3.05) is 0 Å². The first-order valence-corrected chi connectivity index (χ1v) is 37.8. The molecule has 0 amide bonds. The van der Waals surface area contributed by atoms with E-state index in [4.69, 9.17) is 43.7 Å². The van der Waals surface area contributed by atoms with Crippen molar-refractivity contribution in [3.05, 3.63) is 362 Å². The van der Waals surface area contributed by atoms with Gasteiger partial charge in [-0.25, -0.2) is 39.9 Å². The average Bonchev–Trinajstić information content (AvgIpc) is 1.53. The zero-order chi connectivity index (χ0) is 75.1. The molecule has 0 aliphatic heterocycles. The van der Waals surface area contributed by atoms with E-state index in [-0.39, 0.29) is 17.3 Å². The molecule has 6 aromatic heterocycles. The number of hydrogen-bond donors (Lipinski definition) is 0. The molecular formula is C101H74N8O2. The molecule has 0 bridgehead atoms. The first-order chi connectivity index (χ1) is 54.5. The Morgan fingerprint density at radius 2 is 0.829 bits per heavy atom. The summed E-state index contributed by atoms with van der Waals surface area (Å²) in [5.74, 6) is 4.11. The Bertz CT molecular complexity index is 6580. The monoisotopic (exact) mass is 1430 g/mol. The Morgan fingerprint density at radius 3 is 1.47 bits per heavy atom. The topological polar surface area (TPSA) is 129 Å². The number of pyridine rings is 2. The van der Waals surface area contributed by atoms with Crippen molar-refractivity contribution < 1.29 is 8.83 Å². The van der Waals surface area contributed by atoms with Crippen molar-refractivity contribution >= 4 is 56.2 Å². The summed E-state index contributed by atoms with van der Waals surface area (Å²) in [4.78, 5) is 41.2. The lowest BCUT2D eigenvalue weighted by Gasteiger charge is -2.40. The highest BCUT2D eigenvalue weighted by Crippen LogP contribution is 2.62. The van der Waals surface area contributed by atoms with Crippen LogP contribution in [0.3, 0.4) is 0 Å². The standard InChI is InChI=1S/C52H34N4O.C49H40N4O/c1-52(39-17-9-4-10-18-39)47-40(30-32-45-46(47)42-19-11-12-20-44(42)57-45)41-29-31-43(53-48(41)52)51-55-49(37-25-21-35(22-26-37)33-13-5-2-6-14-33)54-50(56-51)38-27-23-36(24-28-38)34-15-7-3-8-16-34;1-7-31-18-13-21-36(35(31)8-2)33-19-12-20-34(28-33)46-51-45(32-16-10-9-11-17-32)52-47(53-46)38-22-14-24-40-42(38)37-25-26-41-43(39-23-15-27-50-48(39)54-41)44(37)49(40,29(3)4)30(5)6/h2-32H,1H3;7-30H,1-2H2,3-6H3. The fraction of sp³-hybridized carbons (Fsp3) is 0.0891. The molecule has 111 heavy (non-hydrogen) atoms. The molecule has 0 fully saturated rings. The van der Waals surface area contributed by atoms with Crippen molar-refractivity contribution in [3.63, 3.8) is 0 Å². The molecule has 0 saturated heterocycles. The van der Waals surface area contributed by atoms with Gasteiger partial charge < -0.3 is 8.83 Å². The molecule has 1 unspecified atom stereocenters. The lowest BCUT2D eigenvalue weighted by Crippen LogP contribution is -2.37. The summed E-state index contributed by atoms with van der Waals surface area (Å²) in [6, 6.07) is 105. The molecule has 0 radical (unpaired) electrons. The SMILES string of the molecule is C=Cc1cccc(-c2cccc(-c3nc(-c4ccccc4)nc(-c4cccc5c4-c4ccc6oc7ncccc7c6c4C5(C(C)C)C(C)C)n3)c2)c1C=C.CC1(c2ccccc2)c2nc(-c3nc(-c4ccc(-c5ccccc5)cc4)nc(-c4ccc(-c5ccccc5)cc4)n3)ccc2-c2ccc3oc4ccccc4c3c21. The Morgan fingerprint density at radius 1 is 0.342 bits per heavy atom. The Hall–Kier alpha value is -14.0. The van der Waals surface area contributed by atoms with Crippen LogP contribution in [-0.2, 0) is 10.8 Å². The maximum absolute atomic E-state index is 6.43. The number of para-hydroxylation sites is 1. The number of benzene rings is 12. The van der Waals surface area contributed by atoms with E-state index in [2.05, 4.69) is 308 Å². The van der Waals surface area contributed by atoms with Gasteiger partial charge >= 0.3 is 0 Å². The molecule has 0 N–H and O–H groups in total. The summed E-state index contributed by atoms with van der Waals surface area (Å²) in [6.07, 6.45) is 5.56. The van der Waals surface area contributed by atoms with Crippen LogP contribution in [0.5, 0.6) is 0 Å². The van der Waals surface area contributed by atoms with E-state index in [1.165, 1.54) is 22.3 Å². The van der Waals surface area contributed by atoms with Gasteiger partial charge in [-0.1, -0.05) is 314 Å². The van der Waals surface area contributed by atoms with Gasteiger partial charge in [-0.2, -0.15) is 0 Å².